The lowest BCUT2D eigenvalue weighted by atomic mass is 10.3. The van der Waals surface area contributed by atoms with Gasteiger partial charge in [0.25, 0.3) is 0 Å². The summed E-state index contributed by atoms with van der Waals surface area (Å²) in [6.07, 6.45) is 1.40. The van der Waals surface area contributed by atoms with Crippen LogP contribution in [0.4, 0.5) is 9.18 Å². The highest BCUT2D eigenvalue weighted by molar-refractivity contribution is 7.09. The number of aromatic nitrogens is 3. The second kappa shape index (κ2) is 7.55. The molecule has 0 aliphatic rings. The lowest BCUT2D eigenvalue weighted by molar-refractivity contribution is 0.164. The normalized spacial score (nSPS) is 11.6. The minimum Gasteiger partial charge on any atom is -0.445 e. The van der Waals surface area contributed by atoms with Gasteiger partial charge in [-0.1, -0.05) is 6.07 Å². The quantitative estimate of drug-likeness (QED) is 0.830. The van der Waals surface area contributed by atoms with E-state index in [0.29, 0.717) is 6.54 Å². The summed E-state index contributed by atoms with van der Waals surface area (Å²) in [5.74, 6) is 0. The van der Waals surface area contributed by atoms with Crippen LogP contribution in [0, 0.1) is 0 Å². The third kappa shape index (κ3) is 4.29. The third-order valence-corrected chi connectivity index (χ3v) is 3.82. The first-order chi connectivity index (χ1) is 10.6. The van der Waals surface area contributed by atoms with Crippen LogP contribution in [0.15, 0.2) is 40.5 Å². The number of hydrogen-bond donors (Lipinski definition) is 1. The zero-order valence-electron chi connectivity index (χ0n) is 11.6. The van der Waals surface area contributed by atoms with E-state index in [-0.39, 0.29) is 30.7 Å². The molecule has 7 nitrogen and oxygen atoms in total. The summed E-state index contributed by atoms with van der Waals surface area (Å²) < 4.78 is 19.8. The highest BCUT2D eigenvalue weighted by Gasteiger charge is 2.09. The van der Waals surface area contributed by atoms with Crippen molar-refractivity contribution in [1.29, 1.82) is 0 Å². The van der Waals surface area contributed by atoms with Crippen LogP contribution in [0.5, 0.6) is 0 Å². The van der Waals surface area contributed by atoms with Gasteiger partial charge in [-0.3, -0.25) is 4.57 Å². The van der Waals surface area contributed by atoms with Crippen molar-refractivity contribution in [2.24, 2.45) is 5.73 Å². The second-order valence-electron chi connectivity index (χ2n) is 4.47. The first-order valence-electron chi connectivity index (χ1n) is 6.45. The van der Waals surface area contributed by atoms with E-state index >= 15 is 0 Å². The van der Waals surface area contributed by atoms with E-state index in [9.17, 15) is 14.0 Å². The highest BCUT2D eigenvalue weighted by atomic mass is 32.1. The second-order valence-corrected chi connectivity index (χ2v) is 5.50. The Morgan fingerprint density at radius 1 is 1.55 bits per heavy atom. The van der Waals surface area contributed by atoms with Crippen molar-refractivity contribution in [2.75, 3.05) is 6.61 Å². The van der Waals surface area contributed by atoms with Crippen LogP contribution in [0.2, 0.25) is 0 Å². The number of nitrogens with zero attached hydrogens (tertiary/aromatic N) is 3. The van der Waals surface area contributed by atoms with Gasteiger partial charge in [0.1, 0.15) is 12.9 Å². The maximum absolute atomic E-state index is 12.7. The molecule has 22 heavy (non-hydrogen) atoms. The average molecular weight is 326 g/mol. The zero-order valence-corrected chi connectivity index (χ0v) is 12.5. The largest absolute Gasteiger partial charge is 0.445 e. The molecule has 0 fully saturated rings. The summed E-state index contributed by atoms with van der Waals surface area (Å²) in [6.45, 7) is 0.0702. The number of carbonyl (C=O) groups is 1. The Kier molecular flexibility index (Phi) is 5.48. The molecule has 118 valence electrons. The Bertz CT molecular complexity index is 705. The fraction of sp³-hybridized carbons (Fsp3) is 0.308. The molecule has 2 aromatic rings. The van der Waals surface area contributed by atoms with Gasteiger partial charge in [-0.25, -0.2) is 18.7 Å². The van der Waals surface area contributed by atoms with E-state index in [1.165, 1.54) is 15.8 Å². The molecule has 1 amide bonds. The molecular formula is C13H15FN4O3S. The van der Waals surface area contributed by atoms with Gasteiger partial charge in [0.2, 0.25) is 0 Å². The van der Waals surface area contributed by atoms with Crippen molar-refractivity contribution >= 4 is 17.4 Å². The predicted octanol–water partition coefficient (Wildman–Crippen LogP) is 1.30. The van der Waals surface area contributed by atoms with Gasteiger partial charge < -0.3 is 10.5 Å². The molecule has 0 atom stereocenters. The highest BCUT2D eigenvalue weighted by Crippen LogP contribution is 2.09. The van der Waals surface area contributed by atoms with Crippen LogP contribution in [0.3, 0.4) is 0 Å². The maximum Gasteiger partial charge on any atom is 0.404 e. The zero-order chi connectivity index (χ0) is 15.9. The summed E-state index contributed by atoms with van der Waals surface area (Å²) in [5.41, 5.74) is 4.55. The fourth-order valence-corrected chi connectivity index (χ4v) is 2.49. The van der Waals surface area contributed by atoms with Crippen LogP contribution in [0.1, 0.15) is 4.88 Å². The average Bonchev–Trinajstić information content (AvgIpc) is 3.12. The van der Waals surface area contributed by atoms with Gasteiger partial charge >= 0.3 is 11.8 Å². The van der Waals surface area contributed by atoms with E-state index in [1.807, 2.05) is 17.5 Å². The maximum atomic E-state index is 12.7. The number of halogens is 1. The van der Waals surface area contributed by atoms with Crippen molar-refractivity contribution in [3.8, 4) is 0 Å². The third-order valence-electron chi connectivity index (χ3n) is 2.88. The molecular weight excluding hydrogens is 311 g/mol. The molecule has 2 aromatic heterocycles. The Morgan fingerprint density at radius 3 is 3.00 bits per heavy atom. The van der Waals surface area contributed by atoms with Crippen molar-refractivity contribution in [1.82, 2.24) is 14.3 Å². The van der Waals surface area contributed by atoms with Gasteiger partial charge in [0.05, 0.1) is 12.9 Å². The van der Waals surface area contributed by atoms with Crippen LogP contribution < -0.4 is 11.4 Å². The van der Waals surface area contributed by atoms with Gasteiger partial charge in [-0.15, -0.1) is 11.3 Å². The molecule has 0 saturated heterocycles. The lowest BCUT2D eigenvalue weighted by Crippen LogP contribution is -2.27. The summed E-state index contributed by atoms with van der Waals surface area (Å²) in [7, 11) is 0. The molecule has 0 unspecified atom stereocenters. The van der Waals surface area contributed by atoms with Crippen molar-refractivity contribution in [3.63, 3.8) is 0 Å². The molecule has 0 radical (unpaired) electrons. The Hall–Kier alpha value is -2.42. The predicted molar refractivity (Wildman–Crippen MR) is 79.2 cm³/mol. The molecule has 0 aliphatic heterocycles. The molecule has 2 rings (SSSR count). The fourth-order valence-electron chi connectivity index (χ4n) is 1.79. The van der Waals surface area contributed by atoms with Crippen molar-refractivity contribution < 1.29 is 13.9 Å². The SMILES string of the molecule is NC(=O)OC/C(=C/F)Cn1ncn(CCc2cccs2)c1=O. The van der Waals surface area contributed by atoms with E-state index in [1.54, 1.807) is 11.3 Å². The molecule has 0 aliphatic carbocycles. The first-order valence-corrected chi connectivity index (χ1v) is 7.33. The van der Waals surface area contributed by atoms with Crippen LogP contribution >= 0.6 is 11.3 Å². The standard InChI is InChI=1S/C13H15FN4O3S/c14-6-10(8-21-12(15)19)7-18-13(20)17(9-16-18)4-3-11-2-1-5-22-11/h1-2,5-6,9H,3-4,7-8H2,(H2,15,19)/b10-6+. The van der Waals surface area contributed by atoms with Crippen molar-refractivity contribution in [2.45, 2.75) is 19.5 Å². The van der Waals surface area contributed by atoms with E-state index < -0.39 is 6.09 Å². The van der Waals surface area contributed by atoms with Crippen LogP contribution in [-0.4, -0.2) is 27.0 Å². The number of carbonyl (C=O) groups excluding carboxylic acids is 1. The molecule has 0 spiro atoms. The Labute approximate surface area is 129 Å². The molecule has 0 aromatic carbocycles. The molecule has 9 heteroatoms. The Morgan fingerprint density at radius 2 is 2.36 bits per heavy atom. The molecule has 2 heterocycles. The number of primary amides is 1. The number of hydrogen-bond acceptors (Lipinski definition) is 5. The van der Waals surface area contributed by atoms with E-state index in [2.05, 4.69) is 9.84 Å². The molecule has 0 saturated carbocycles. The van der Waals surface area contributed by atoms with Gasteiger partial charge in [0, 0.05) is 17.0 Å². The number of nitrogens with two attached hydrogens (primary N) is 1. The number of aryl methyl sites for hydroxylation is 2. The number of thiophene rings is 1. The summed E-state index contributed by atoms with van der Waals surface area (Å²) >= 11 is 1.62. The van der Waals surface area contributed by atoms with E-state index in [4.69, 9.17) is 5.73 Å². The van der Waals surface area contributed by atoms with Crippen LogP contribution in [-0.2, 0) is 24.2 Å². The number of ether oxygens (including phenoxy) is 1. The van der Waals surface area contributed by atoms with Crippen LogP contribution in [0.25, 0.3) is 0 Å². The summed E-state index contributed by atoms with van der Waals surface area (Å²) in [6, 6.07) is 3.94. The molecule has 2 N–H and O–H groups in total. The number of rotatable bonds is 7. The minimum atomic E-state index is -1.01. The number of amides is 1. The first kappa shape index (κ1) is 16.0. The summed E-state index contributed by atoms with van der Waals surface area (Å²) in [5, 5.41) is 5.89. The topological polar surface area (TPSA) is 92.1 Å². The smallest absolute Gasteiger partial charge is 0.404 e. The van der Waals surface area contributed by atoms with Gasteiger partial charge in [-0.05, 0) is 17.9 Å². The summed E-state index contributed by atoms with van der Waals surface area (Å²) in [4.78, 5) is 23.8. The Balaban J connectivity index is 1.97. The van der Waals surface area contributed by atoms with Gasteiger partial charge in [0.15, 0.2) is 0 Å². The van der Waals surface area contributed by atoms with Gasteiger partial charge in [-0.2, -0.15) is 5.10 Å². The monoisotopic (exact) mass is 326 g/mol. The molecule has 0 bridgehead atoms. The van der Waals surface area contributed by atoms with Crippen molar-refractivity contribution in [3.05, 3.63) is 51.1 Å². The lowest BCUT2D eigenvalue weighted by Gasteiger charge is -2.05. The van der Waals surface area contributed by atoms with E-state index in [0.717, 1.165) is 11.1 Å². The minimum absolute atomic E-state index is 0.0874.